The van der Waals surface area contributed by atoms with Crippen LogP contribution in [0.15, 0.2) is 39.9 Å². The summed E-state index contributed by atoms with van der Waals surface area (Å²) in [5.41, 5.74) is 5.79. The number of aromatic amines is 1. The Morgan fingerprint density at radius 3 is 2.59 bits per heavy atom. The number of H-pyrrole nitrogens is 1. The number of hydrogen-bond acceptors (Lipinski definition) is 5. The highest BCUT2D eigenvalue weighted by molar-refractivity contribution is 5.98. The van der Waals surface area contributed by atoms with E-state index in [0.29, 0.717) is 0 Å². The van der Waals surface area contributed by atoms with Crippen molar-refractivity contribution in [1.82, 2.24) is 9.55 Å². The number of nitrogens with one attached hydrogen (secondary N) is 1. The number of aromatic nitrogens is 2. The molecule has 0 saturated heterocycles. The van der Waals surface area contributed by atoms with E-state index in [4.69, 9.17) is 10.5 Å². The largest absolute Gasteiger partial charge is 0.383 e. The molecule has 0 aliphatic heterocycles. The molecule has 1 aromatic heterocycles. The van der Waals surface area contributed by atoms with E-state index < -0.39 is 11.2 Å². The van der Waals surface area contributed by atoms with E-state index >= 15 is 0 Å². The van der Waals surface area contributed by atoms with Crippen LogP contribution in [0, 0.1) is 11.8 Å². The van der Waals surface area contributed by atoms with Crippen LogP contribution in [0.5, 0.6) is 0 Å². The lowest BCUT2D eigenvalue weighted by atomic mass is 10.2. The van der Waals surface area contributed by atoms with Crippen molar-refractivity contribution in [3.63, 3.8) is 0 Å². The highest BCUT2D eigenvalue weighted by atomic mass is 16.5. The van der Waals surface area contributed by atoms with Crippen molar-refractivity contribution in [1.29, 1.82) is 0 Å². The predicted molar refractivity (Wildman–Crippen MR) is 103 cm³/mol. The summed E-state index contributed by atoms with van der Waals surface area (Å²) in [5, 5.41) is 0. The zero-order valence-electron chi connectivity index (χ0n) is 15.5. The molecule has 1 fully saturated rings. The second-order valence-electron chi connectivity index (χ2n) is 6.87. The number of hydrogen-bond donors (Lipinski definition) is 2. The van der Waals surface area contributed by atoms with Gasteiger partial charge in [-0.1, -0.05) is 37.3 Å². The smallest absolute Gasteiger partial charge is 0.330 e. The minimum Gasteiger partial charge on any atom is -0.383 e. The monoisotopic (exact) mass is 372 g/mol. The maximum absolute atomic E-state index is 12.9. The lowest BCUT2D eigenvalue weighted by Gasteiger charge is -2.24. The molecule has 3 N–H and O–H groups in total. The first-order valence-corrected chi connectivity index (χ1v) is 8.90. The maximum Gasteiger partial charge on any atom is 0.330 e. The minimum absolute atomic E-state index is 0.00619. The number of ether oxygens (including phenoxy) is 1. The van der Waals surface area contributed by atoms with Gasteiger partial charge in [0.05, 0.1) is 13.2 Å². The zero-order valence-corrected chi connectivity index (χ0v) is 15.5. The van der Waals surface area contributed by atoms with Gasteiger partial charge in [-0.25, -0.2) is 4.79 Å². The molecule has 1 saturated carbocycles. The van der Waals surface area contributed by atoms with E-state index in [1.165, 1.54) is 16.6 Å². The molecule has 0 bridgehead atoms. The van der Waals surface area contributed by atoms with Gasteiger partial charge in [-0.05, 0) is 17.9 Å². The molecule has 2 atom stereocenters. The maximum atomic E-state index is 12.9. The van der Waals surface area contributed by atoms with Gasteiger partial charge in [-0.15, -0.1) is 0 Å². The fourth-order valence-electron chi connectivity index (χ4n) is 3.14. The normalized spacial score (nSPS) is 18.3. The number of nitrogens with two attached hydrogens (primary N) is 1. The summed E-state index contributed by atoms with van der Waals surface area (Å²) in [6.07, 6.45) is 0.782. The van der Waals surface area contributed by atoms with E-state index in [9.17, 15) is 14.4 Å². The van der Waals surface area contributed by atoms with E-state index in [-0.39, 0.29) is 48.9 Å². The highest BCUT2D eigenvalue weighted by Gasteiger charge is 2.42. The molecule has 2 aromatic rings. The number of carbonyl (C=O) groups excluding carboxylic acids is 1. The van der Waals surface area contributed by atoms with Crippen LogP contribution in [0.25, 0.3) is 0 Å². The number of benzene rings is 1. The van der Waals surface area contributed by atoms with E-state index in [1.807, 2.05) is 37.3 Å². The van der Waals surface area contributed by atoms with Gasteiger partial charge in [0.15, 0.2) is 5.69 Å². The summed E-state index contributed by atoms with van der Waals surface area (Å²) in [6.45, 7) is 2.63. The van der Waals surface area contributed by atoms with Gasteiger partial charge in [-0.2, -0.15) is 0 Å². The van der Waals surface area contributed by atoms with Crippen molar-refractivity contribution in [2.24, 2.45) is 11.8 Å². The van der Waals surface area contributed by atoms with Gasteiger partial charge in [-0.3, -0.25) is 19.1 Å². The number of rotatable bonds is 7. The standard InChI is InChI=1S/C19H24N4O4/c1-12-10-14(12)18(25)22(8-9-27-2)15-16(20)23(19(26)21-17(15)24)11-13-6-4-3-5-7-13/h3-7,12,14H,8-11,20H2,1-2H3,(H,21,24,26). The van der Waals surface area contributed by atoms with Crippen LogP contribution in [-0.2, 0) is 16.1 Å². The number of nitrogen functional groups attached to an aromatic ring is 1. The molecule has 8 nitrogen and oxygen atoms in total. The number of amides is 1. The third-order valence-corrected chi connectivity index (χ3v) is 4.88. The van der Waals surface area contributed by atoms with Crippen LogP contribution < -0.4 is 21.9 Å². The quantitative estimate of drug-likeness (QED) is 0.747. The van der Waals surface area contributed by atoms with Gasteiger partial charge in [0.2, 0.25) is 5.91 Å². The average Bonchev–Trinajstić information content (AvgIpc) is 3.38. The van der Waals surface area contributed by atoms with Crippen molar-refractivity contribution in [3.05, 3.63) is 56.7 Å². The molecule has 0 radical (unpaired) electrons. The fraction of sp³-hybridized carbons (Fsp3) is 0.421. The third-order valence-electron chi connectivity index (χ3n) is 4.88. The number of carbonyl (C=O) groups is 1. The lowest BCUT2D eigenvalue weighted by molar-refractivity contribution is -0.120. The van der Waals surface area contributed by atoms with E-state index in [1.54, 1.807) is 0 Å². The van der Waals surface area contributed by atoms with Gasteiger partial charge >= 0.3 is 5.69 Å². The molecule has 3 rings (SSSR count). The molecule has 0 spiro atoms. The van der Waals surface area contributed by atoms with Crippen molar-refractivity contribution in [2.75, 3.05) is 30.9 Å². The Hall–Kier alpha value is -2.87. The van der Waals surface area contributed by atoms with Crippen LogP contribution in [-0.4, -0.2) is 35.7 Å². The van der Waals surface area contributed by atoms with Crippen molar-refractivity contribution >= 4 is 17.4 Å². The topological polar surface area (TPSA) is 110 Å². The summed E-state index contributed by atoms with van der Waals surface area (Å²) < 4.78 is 6.36. The Balaban J connectivity index is 2.04. The number of anilines is 2. The Labute approximate surface area is 156 Å². The Morgan fingerprint density at radius 1 is 1.33 bits per heavy atom. The highest BCUT2D eigenvalue weighted by Crippen LogP contribution is 2.40. The van der Waals surface area contributed by atoms with Gasteiger partial charge < -0.3 is 15.4 Å². The van der Waals surface area contributed by atoms with Crippen LogP contribution >= 0.6 is 0 Å². The second-order valence-corrected chi connectivity index (χ2v) is 6.87. The lowest BCUT2D eigenvalue weighted by Crippen LogP contribution is -2.43. The molecule has 1 aromatic carbocycles. The Morgan fingerprint density at radius 2 is 2.00 bits per heavy atom. The molecular weight excluding hydrogens is 348 g/mol. The molecule has 27 heavy (non-hydrogen) atoms. The zero-order chi connectivity index (χ0) is 19.6. The second kappa shape index (κ2) is 7.79. The van der Waals surface area contributed by atoms with E-state index in [2.05, 4.69) is 4.98 Å². The minimum atomic E-state index is -0.667. The van der Waals surface area contributed by atoms with Gasteiger partial charge in [0.1, 0.15) is 5.82 Å². The van der Waals surface area contributed by atoms with Gasteiger partial charge in [0.25, 0.3) is 5.56 Å². The Kier molecular flexibility index (Phi) is 5.46. The predicted octanol–water partition coefficient (Wildman–Crippen LogP) is 0.802. The van der Waals surface area contributed by atoms with Crippen LogP contribution in [0.1, 0.15) is 18.9 Å². The number of methoxy groups -OCH3 is 1. The third kappa shape index (κ3) is 3.95. The first kappa shape index (κ1) is 18.9. The summed E-state index contributed by atoms with van der Waals surface area (Å²) in [7, 11) is 1.52. The molecule has 2 unspecified atom stereocenters. The van der Waals surface area contributed by atoms with Crippen molar-refractivity contribution < 1.29 is 9.53 Å². The van der Waals surface area contributed by atoms with Gasteiger partial charge in [0, 0.05) is 19.6 Å². The molecule has 1 aliphatic rings. The average molecular weight is 372 g/mol. The Bertz CT molecular complexity index is 935. The summed E-state index contributed by atoms with van der Waals surface area (Å²) in [4.78, 5) is 41.3. The molecule has 1 heterocycles. The van der Waals surface area contributed by atoms with Crippen molar-refractivity contribution in [2.45, 2.75) is 19.9 Å². The SMILES string of the molecule is COCCN(C(=O)C1CC1C)c1c(N)n(Cc2ccccc2)c(=O)[nH]c1=O. The summed E-state index contributed by atoms with van der Waals surface area (Å²) in [5.74, 6) is -0.0414. The molecule has 1 amide bonds. The summed E-state index contributed by atoms with van der Waals surface area (Å²) >= 11 is 0. The number of nitrogens with zero attached hydrogens (tertiary/aromatic N) is 2. The summed E-state index contributed by atoms with van der Waals surface area (Å²) in [6, 6.07) is 9.29. The molecule has 8 heteroatoms. The first-order chi connectivity index (χ1) is 12.9. The van der Waals surface area contributed by atoms with Crippen LogP contribution in [0.4, 0.5) is 11.5 Å². The molecule has 144 valence electrons. The fourth-order valence-corrected chi connectivity index (χ4v) is 3.14. The molecule has 1 aliphatic carbocycles. The molecular formula is C19H24N4O4. The van der Waals surface area contributed by atoms with E-state index in [0.717, 1.165) is 12.0 Å². The van der Waals surface area contributed by atoms with Crippen LogP contribution in [0.2, 0.25) is 0 Å². The van der Waals surface area contributed by atoms with Crippen LogP contribution in [0.3, 0.4) is 0 Å². The van der Waals surface area contributed by atoms with Crippen molar-refractivity contribution in [3.8, 4) is 0 Å². The first-order valence-electron chi connectivity index (χ1n) is 8.90.